The molecule has 0 saturated carbocycles. The Hall–Kier alpha value is -2.33. The minimum atomic E-state index is -4.10. The van der Waals surface area contributed by atoms with Crippen LogP contribution in [-0.4, -0.2) is 49.4 Å². The van der Waals surface area contributed by atoms with E-state index in [1.807, 2.05) is 6.07 Å². The third-order valence-electron chi connectivity index (χ3n) is 2.91. The van der Waals surface area contributed by atoms with E-state index in [-0.39, 0.29) is 6.54 Å². The van der Waals surface area contributed by atoms with Gasteiger partial charge < -0.3 is 0 Å². The average molecular weight is 370 g/mol. The third kappa shape index (κ3) is 3.77. The Morgan fingerprint density at radius 2 is 2.00 bits per heavy atom. The number of nitriles is 1. The molecule has 12 heteroatoms. The van der Waals surface area contributed by atoms with Gasteiger partial charge in [-0.3, -0.25) is 0 Å². The van der Waals surface area contributed by atoms with E-state index in [9.17, 15) is 16.8 Å². The molecule has 0 atom stereocenters. The molecule has 128 valence electrons. The number of nitrogens with zero attached hydrogens (tertiary/aromatic N) is 5. The molecule has 0 bridgehead atoms. The molecule has 0 spiro atoms. The molecule has 0 radical (unpaired) electrons. The van der Waals surface area contributed by atoms with Gasteiger partial charge in [0.05, 0.1) is 11.6 Å². The lowest BCUT2D eigenvalue weighted by molar-refractivity contribution is 0.502. The molecule has 2 aromatic rings. The highest BCUT2D eigenvalue weighted by molar-refractivity contribution is 7.89. The van der Waals surface area contributed by atoms with Gasteiger partial charge in [-0.2, -0.15) is 18.0 Å². The quantitative estimate of drug-likeness (QED) is 0.708. The van der Waals surface area contributed by atoms with Crippen molar-refractivity contribution in [3.8, 4) is 6.07 Å². The summed E-state index contributed by atoms with van der Waals surface area (Å²) in [5.74, 6) is 0. The Morgan fingerprint density at radius 3 is 2.62 bits per heavy atom. The summed E-state index contributed by atoms with van der Waals surface area (Å²) in [7, 11) is -5.48. The first-order valence-corrected chi connectivity index (χ1v) is 9.38. The molecule has 0 saturated heterocycles. The fraction of sp³-hybridized carbons (Fsp3) is 0.250. The van der Waals surface area contributed by atoms with E-state index in [1.54, 1.807) is 18.2 Å². The average Bonchev–Trinajstić information content (AvgIpc) is 3.05. The lowest BCUT2D eigenvalue weighted by atomic mass is 10.1. The van der Waals surface area contributed by atoms with E-state index in [4.69, 9.17) is 5.26 Å². The van der Waals surface area contributed by atoms with Gasteiger partial charge in [-0.05, 0) is 17.7 Å². The number of rotatable bonds is 6. The number of nitrogens with one attached hydrogen (secondary N) is 1. The molecule has 0 fully saturated rings. The molecule has 1 heterocycles. The minimum absolute atomic E-state index is 0.0905. The van der Waals surface area contributed by atoms with E-state index in [0.717, 1.165) is 10.6 Å². The fourth-order valence-corrected chi connectivity index (χ4v) is 3.23. The van der Waals surface area contributed by atoms with Crippen LogP contribution in [0.2, 0.25) is 0 Å². The Labute approximate surface area is 139 Å². The molecular weight excluding hydrogens is 356 g/mol. The van der Waals surface area contributed by atoms with Gasteiger partial charge in [-0.25, -0.2) is 18.1 Å². The molecule has 0 unspecified atom stereocenters. The van der Waals surface area contributed by atoms with Crippen LogP contribution in [0.3, 0.4) is 0 Å². The van der Waals surface area contributed by atoms with Crippen LogP contribution < -0.4 is 4.72 Å². The first-order chi connectivity index (χ1) is 11.2. The summed E-state index contributed by atoms with van der Waals surface area (Å²) in [5.41, 5.74) is 0.962. The summed E-state index contributed by atoms with van der Waals surface area (Å²) in [6, 6.07) is 8.34. The van der Waals surface area contributed by atoms with Crippen LogP contribution in [0.25, 0.3) is 0 Å². The van der Waals surface area contributed by atoms with E-state index < -0.39 is 25.4 Å². The van der Waals surface area contributed by atoms with E-state index in [2.05, 4.69) is 14.8 Å². The van der Waals surface area contributed by atoms with Crippen molar-refractivity contribution < 1.29 is 16.8 Å². The summed E-state index contributed by atoms with van der Waals surface area (Å²) in [5, 5.41) is 11.7. The third-order valence-corrected chi connectivity index (χ3v) is 5.68. The van der Waals surface area contributed by atoms with Crippen LogP contribution in [0, 0.1) is 11.3 Å². The predicted octanol–water partition coefficient (Wildman–Crippen LogP) is -0.717. The van der Waals surface area contributed by atoms with Gasteiger partial charge in [0.15, 0.2) is 0 Å². The monoisotopic (exact) mass is 370 g/mol. The van der Waals surface area contributed by atoms with Crippen molar-refractivity contribution in [1.82, 2.24) is 23.2 Å². The molecule has 0 aliphatic carbocycles. The van der Waals surface area contributed by atoms with Crippen molar-refractivity contribution in [2.24, 2.45) is 0 Å². The number of hydrogen-bond donors (Lipinski definition) is 1. The summed E-state index contributed by atoms with van der Waals surface area (Å²) in [6.07, 6.45) is 0.806. The zero-order chi connectivity index (χ0) is 18.0. The first kappa shape index (κ1) is 18.0. The van der Waals surface area contributed by atoms with Crippen LogP contribution in [0.15, 0.2) is 35.7 Å². The van der Waals surface area contributed by atoms with Gasteiger partial charge in [0.1, 0.15) is 6.33 Å². The van der Waals surface area contributed by atoms with Gasteiger partial charge in [-0.15, -0.1) is 9.19 Å². The molecule has 2 rings (SSSR count). The van der Waals surface area contributed by atoms with Crippen molar-refractivity contribution >= 4 is 20.2 Å². The maximum absolute atomic E-state index is 12.1. The van der Waals surface area contributed by atoms with E-state index >= 15 is 0 Å². The first-order valence-electron chi connectivity index (χ1n) is 6.50. The lowest BCUT2D eigenvalue weighted by Crippen LogP contribution is -2.30. The van der Waals surface area contributed by atoms with Crippen molar-refractivity contribution in [1.29, 1.82) is 5.26 Å². The number of benzene rings is 1. The molecular formula is C12H14N6O4S2. The maximum Gasteiger partial charge on any atom is 0.323 e. The summed E-state index contributed by atoms with van der Waals surface area (Å²) in [4.78, 5) is 3.53. The highest BCUT2D eigenvalue weighted by Gasteiger charge is 2.24. The maximum atomic E-state index is 12.1. The van der Waals surface area contributed by atoms with Gasteiger partial charge >= 0.3 is 10.2 Å². The number of sulfonamides is 1. The lowest BCUT2D eigenvalue weighted by Gasteiger charge is -2.09. The highest BCUT2D eigenvalue weighted by atomic mass is 32.2. The Bertz CT molecular complexity index is 989. The normalized spacial score (nSPS) is 12.2. The number of hydrogen-bond acceptors (Lipinski definition) is 7. The number of aromatic nitrogens is 3. The van der Waals surface area contributed by atoms with Crippen molar-refractivity contribution in [3.63, 3.8) is 0 Å². The van der Waals surface area contributed by atoms with E-state index in [0.29, 0.717) is 15.2 Å². The zero-order valence-electron chi connectivity index (χ0n) is 12.8. The standard InChI is InChI=1S/C12H14N6O4S2/c1-17(2)24(21,22)18-9-14-12(16-18)23(19,20)15-8-11-5-3-4-10(6-11)7-13/h3-6,9,15H,8H2,1-2H3. The SMILES string of the molecule is CN(C)S(=O)(=O)n1cnc(S(=O)(=O)NCc2cccc(C#N)c2)n1. The van der Waals surface area contributed by atoms with Gasteiger partial charge in [0.2, 0.25) is 0 Å². The van der Waals surface area contributed by atoms with Gasteiger partial charge in [0.25, 0.3) is 15.2 Å². The van der Waals surface area contributed by atoms with Gasteiger partial charge in [-0.1, -0.05) is 12.1 Å². The smallest absolute Gasteiger partial charge is 0.204 e. The second kappa shape index (κ2) is 6.65. The molecule has 1 aromatic carbocycles. The molecule has 1 aromatic heterocycles. The van der Waals surface area contributed by atoms with Gasteiger partial charge in [0, 0.05) is 20.6 Å². The van der Waals surface area contributed by atoms with E-state index in [1.165, 1.54) is 20.2 Å². The second-order valence-corrected chi connectivity index (χ2v) is 8.49. The van der Waals surface area contributed by atoms with Crippen LogP contribution in [0.1, 0.15) is 11.1 Å². The Balaban J connectivity index is 2.20. The summed E-state index contributed by atoms with van der Waals surface area (Å²) < 4.78 is 51.6. The van der Waals surface area contributed by atoms with Crippen LogP contribution in [0.5, 0.6) is 0 Å². The van der Waals surface area contributed by atoms with Crippen LogP contribution >= 0.6 is 0 Å². The van der Waals surface area contributed by atoms with Crippen LogP contribution in [0.4, 0.5) is 0 Å². The minimum Gasteiger partial charge on any atom is -0.204 e. The highest BCUT2D eigenvalue weighted by Crippen LogP contribution is 2.08. The molecule has 0 aliphatic heterocycles. The summed E-state index contributed by atoms with van der Waals surface area (Å²) in [6.45, 7) is -0.0905. The molecule has 1 N–H and O–H groups in total. The molecule has 0 amide bonds. The van der Waals surface area contributed by atoms with Crippen molar-refractivity contribution in [2.75, 3.05) is 14.1 Å². The predicted molar refractivity (Wildman–Crippen MR) is 83.2 cm³/mol. The zero-order valence-corrected chi connectivity index (χ0v) is 14.4. The van der Waals surface area contributed by atoms with Crippen molar-refractivity contribution in [3.05, 3.63) is 41.7 Å². The molecule has 0 aliphatic rings. The second-order valence-electron chi connectivity index (χ2n) is 4.83. The Morgan fingerprint density at radius 1 is 1.29 bits per heavy atom. The summed E-state index contributed by atoms with van der Waals surface area (Å²) >= 11 is 0. The van der Waals surface area contributed by atoms with Crippen molar-refractivity contribution in [2.45, 2.75) is 11.7 Å². The Kier molecular flexibility index (Phi) is 4.99. The fourth-order valence-electron chi connectivity index (χ4n) is 1.63. The van der Waals surface area contributed by atoms with Crippen LogP contribution in [-0.2, 0) is 26.8 Å². The largest absolute Gasteiger partial charge is 0.323 e. The topological polar surface area (TPSA) is 138 Å². The molecule has 10 nitrogen and oxygen atoms in total. The molecule has 24 heavy (non-hydrogen) atoms.